The van der Waals surface area contributed by atoms with Gasteiger partial charge in [-0.05, 0) is 24.7 Å². The van der Waals surface area contributed by atoms with Crippen LogP contribution in [0.5, 0.6) is 0 Å². The number of nitrogens with one attached hydrogen (secondary N) is 3. The maximum absolute atomic E-state index is 11.4. The molecule has 0 saturated heterocycles. The summed E-state index contributed by atoms with van der Waals surface area (Å²) >= 11 is 0. The van der Waals surface area contributed by atoms with Crippen LogP contribution in [-0.2, 0) is 9.59 Å². The van der Waals surface area contributed by atoms with E-state index < -0.39 is 23.9 Å². The minimum atomic E-state index is -0.959. The van der Waals surface area contributed by atoms with Gasteiger partial charge in [0.1, 0.15) is 6.04 Å². The van der Waals surface area contributed by atoms with E-state index in [1.807, 2.05) is 13.8 Å². The molecule has 0 spiro atoms. The number of hydrogen-bond acceptors (Lipinski definition) is 4. The van der Waals surface area contributed by atoms with E-state index in [1.165, 1.54) is 0 Å². The molecular formula is C12H21N3O4. The van der Waals surface area contributed by atoms with Crippen LogP contribution in [0, 0.1) is 11.8 Å². The molecule has 4 N–H and O–H groups in total. The molecule has 0 aromatic rings. The zero-order chi connectivity index (χ0) is 14.4. The normalized spacial score (nSPS) is 15.9. The lowest BCUT2D eigenvalue weighted by atomic mass is 10.2. The van der Waals surface area contributed by atoms with Crippen molar-refractivity contribution in [2.45, 2.75) is 32.7 Å². The van der Waals surface area contributed by atoms with Crippen molar-refractivity contribution in [3.63, 3.8) is 0 Å². The Morgan fingerprint density at radius 3 is 2.37 bits per heavy atom. The number of rotatable bonds is 7. The van der Waals surface area contributed by atoms with Gasteiger partial charge in [-0.1, -0.05) is 13.8 Å². The number of urea groups is 1. The largest absolute Gasteiger partial charge is 0.480 e. The van der Waals surface area contributed by atoms with E-state index in [9.17, 15) is 14.4 Å². The summed E-state index contributed by atoms with van der Waals surface area (Å²) in [5.74, 6) is -1.10. The number of amides is 3. The van der Waals surface area contributed by atoms with E-state index >= 15 is 0 Å². The second kappa shape index (κ2) is 7.08. The Labute approximate surface area is 112 Å². The Kier molecular flexibility index (Phi) is 5.75. The molecule has 1 fully saturated rings. The second-order valence-corrected chi connectivity index (χ2v) is 5.19. The van der Waals surface area contributed by atoms with Crippen molar-refractivity contribution in [3.05, 3.63) is 0 Å². The van der Waals surface area contributed by atoms with Gasteiger partial charge in [-0.3, -0.25) is 20.2 Å². The number of carboxylic acid groups (broad SMARTS) is 1. The van der Waals surface area contributed by atoms with Crippen molar-refractivity contribution >= 4 is 17.9 Å². The van der Waals surface area contributed by atoms with E-state index in [4.69, 9.17) is 5.11 Å². The molecule has 1 aliphatic rings. The zero-order valence-electron chi connectivity index (χ0n) is 11.2. The number of imide groups is 1. The van der Waals surface area contributed by atoms with Crippen LogP contribution >= 0.6 is 0 Å². The SMILES string of the molecule is CC(C)CNC(=O)NC(=O)CNC(C(=O)O)C1CC1. The molecule has 7 heteroatoms. The van der Waals surface area contributed by atoms with Gasteiger partial charge >= 0.3 is 12.0 Å². The van der Waals surface area contributed by atoms with Gasteiger partial charge in [-0.2, -0.15) is 0 Å². The Morgan fingerprint density at radius 1 is 1.26 bits per heavy atom. The Hall–Kier alpha value is -1.63. The fourth-order valence-electron chi connectivity index (χ4n) is 1.60. The van der Waals surface area contributed by atoms with Gasteiger partial charge in [-0.15, -0.1) is 0 Å². The first-order valence-electron chi connectivity index (χ1n) is 6.44. The highest BCUT2D eigenvalue weighted by Crippen LogP contribution is 2.32. The fraction of sp³-hybridized carbons (Fsp3) is 0.750. The Bertz CT molecular complexity index is 353. The third-order valence-electron chi connectivity index (χ3n) is 2.77. The van der Waals surface area contributed by atoms with Crippen molar-refractivity contribution in [1.29, 1.82) is 0 Å². The summed E-state index contributed by atoms with van der Waals surface area (Å²) in [7, 11) is 0. The molecule has 0 aromatic carbocycles. The lowest BCUT2D eigenvalue weighted by Crippen LogP contribution is -2.48. The van der Waals surface area contributed by atoms with Crippen LogP contribution in [0.4, 0.5) is 4.79 Å². The summed E-state index contributed by atoms with van der Waals surface area (Å²) in [5, 5.41) is 16.3. The molecule has 108 valence electrons. The molecule has 3 amide bonds. The zero-order valence-corrected chi connectivity index (χ0v) is 11.2. The molecule has 1 rings (SSSR count). The van der Waals surface area contributed by atoms with Crippen LogP contribution in [0.15, 0.2) is 0 Å². The van der Waals surface area contributed by atoms with Gasteiger partial charge in [0.15, 0.2) is 0 Å². The summed E-state index contributed by atoms with van der Waals surface area (Å²) in [4.78, 5) is 33.7. The molecule has 1 aliphatic carbocycles. The van der Waals surface area contributed by atoms with Gasteiger partial charge in [0.2, 0.25) is 5.91 Å². The standard InChI is InChI=1S/C12H21N3O4/c1-7(2)5-14-12(19)15-9(16)6-13-10(11(17)18)8-3-4-8/h7-8,10,13H,3-6H2,1-2H3,(H,17,18)(H2,14,15,16,19). The first-order valence-corrected chi connectivity index (χ1v) is 6.44. The first-order chi connectivity index (χ1) is 8.90. The summed E-state index contributed by atoms with van der Waals surface area (Å²) < 4.78 is 0. The highest BCUT2D eigenvalue weighted by Gasteiger charge is 2.36. The van der Waals surface area contributed by atoms with Crippen molar-refractivity contribution in [1.82, 2.24) is 16.0 Å². The molecular weight excluding hydrogens is 250 g/mol. The summed E-state index contributed by atoms with van der Waals surface area (Å²) in [6.07, 6.45) is 1.72. The predicted octanol–water partition coefficient (Wildman–Crippen LogP) is -0.0790. The Balaban J connectivity index is 2.23. The van der Waals surface area contributed by atoms with Gasteiger partial charge < -0.3 is 10.4 Å². The quantitative estimate of drug-likeness (QED) is 0.518. The van der Waals surface area contributed by atoms with E-state index in [1.54, 1.807) is 0 Å². The third kappa shape index (κ3) is 6.19. The molecule has 1 atom stereocenters. The Morgan fingerprint density at radius 2 is 1.89 bits per heavy atom. The van der Waals surface area contributed by atoms with Gasteiger partial charge in [-0.25, -0.2) is 4.79 Å². The molecule has 0 aromatic heterocycles. The number of carbonyl (C=O) groups excluding carboxylic acids is 2. The molecule has 1 unspecified atom stereocenters. The number of aliphatic carboxylic acids is 1. The average Bonchev–Trinajstić information content (AvgIpc) is 3.10. The fourth-order valence-corrected chi connectivity index (χ4v) is 1.60. The first kappa shape index (κ1) is 15.4. The van der Waals surface area contributed by atoms with Gasteiger partial charge in [0, 0.05) is 6.54 Å². The predicted molar refractivity (Wildman–Crippen MR) is 68.5 cm³/mol. The van der Waals surface area contributed by atoms with Crippen LogP contribution in [0.25, 0.3) is 0 Å². The van der Waals surface area contributed by atoms with E-state index in [0.29, 0.717) is 12.5 Å². The van der Waals surface area contributed by atoms with Crippen molar-refractivity contribution in [2.75, 3.05) is 13.1 Å². The molecule has 0 aliphatic heterocycles. The average molecular weight is 271 g/mol. The van der Waals surface area contributed by atoms with Crippen molar-refractivity contribution in [3.8, 4) is 0 Å². The number of carbonyl (C=O) groups is 3. The van der Waals surface area contributed by atoms with Gasteiger partial charge in [0.25, 0.3) is 0 Å². The topological polar surface area (TPSA) is 108 Å². The maximum Gasteiger partial charge on any atom is 0.321 e. The molecule has 7 nitrogen and oxygen atoms in total. The highest BCUT2D eigenvalue weighted by atomic mass is 16.4. The van der Waals surface area contributed by atoms with E-state index in [-0.39, 0.29) is 12.5 Å². The summed E-state index contributed by atoms with van der Waals surface area (Å²) in [6, 6.07) is -1.26. The second-order valence-electron chi connectivity index (χ2n) is 5.19. The molecule has 1 saturated carbocycles. The number of carboxylic acids is 1. The third-order valence-corrected chi connectivity index (χ3v) is 2.77. The van der Waals surface area contributed by atoms with Crippen LogP contribution in [0.1, 0.15) is 26.7 Å². The molecule has 0 heterocycles. The molecule has 19 heavy (non-hydrogen) atoms. The summed E-state index contributed by atoms with van der Waals surface area (Å²) in [6.45, 7) is 4.18. The van der Waals surface area contributed by atoms with Crippen molar-refractivity contribution < 1.29 is 19.5 Å². The van der Waals surface area contributed by atoms with Crippen molar-refractivity contribution in [2.24, 2.45) is 11.8 Å². The van der Waals surface area contributed by atoms with E-state index in [2.05, 4.69) is 16.0 Å². The maximum atomic E-state index is 11.4. The summed E-state index contributed by atoms with van der Waals surface area (Å²) in [5.41, 5.74) is 0. The van der Waals surface area contributed by atoms with Crippen LogP contribution in [0.2, 0.25) is 0 Å². The lowest BCUT2D eigenvalue weighted by molar-refractivity contribution is -0.140. The smallest absolute Gasteiger partial charge is 0.321 e. The molecule has 0 radical (unpaired) electrons. The lowest BCUT2D eigenvalue weighted by Gasteiger charge is -2.13. The van der Waals surface area contributed by atoms with E-state index in [0.717, 1.165) is 12.8 Å². The van der Waals surface area contributed by atoms with Crippen LogP contribution < -0.4 is 16.0 Å². The highest BCUT2D eigenvalue weighted by molar-refractivity contribution is 5.95. The minimum Gasteiger partial charge on any atom is -0.480 e. The monoisotopic (exact) mass is 271 g/mol. The molecule has 0 bridgehead atoms. The van der Waals surface area contributed by atoms with Crippen LogP contribution in [0.3, 0.4) is 0 Å². The van der Waals surface area contributed by atoms with Gasteiger partial charge in [0.05, 0.1) is 6.54 Å². The number of hydrogen-bond donors (Lipinski definition) is 4. The minimum absolute atomic E-state index is 0.0973. The van der Waals surface area contributed by atoms with Crippen LogP contribution in [-0.4, -0.2) is 42.1 Å².